The van der Waals surface area contributed by atoms with E-state index in [1.54, 1.807) is 11.8 Å². The summed E-state index contributed by atoms with van der Waals surface area (Å²) in [5.41, 5.74) is 0.287. The lowest BCUT2D eigenvalue weighted by Gasteiger charge is -2.40. The summed E-state index contributed by atoms with van der Waals surface area (Å²) in [7, 11) is 0. The molecule has 2 heterocycles. The first kappa shape index (κ1) is 14.2. The monoisotopic (exact) mass is 270 g/mol. The standard InChI is InChI=1S/C14H26N2OS/c1-13(2)6-4-8-15-11(13)10-16-12(17)14(3)7-5-9-18-14/h11,15H,4-10H2,1-3H3,(H,16,17). The smallest absolute Gasteiger partial charge is 0.236 e. The van der Waals surface area contributed by atoms with Gasteiger partial charge in [-0.2, -0.15) is 0 Å². The molecule has 2 aliphatic heterocycles. The van der Waals surface area contributed by atoms with Gasteiger partial charge in [-0.25, -0.2) is 0 Å². The molecule has 3 nitrogen and oxygen atoms in total. The lowest BCUT2D eigenvalue weighted by Crippen LogP contribution is -2.54. The lowest BCUT2D eigenvalue weighted by atomic mass is 9.77. The summed E-state index contributed by atoms with van der Waals surface area (Å²) in [6.07, 6.45) is 4.67. The number of hydrogen-bond donors (Lipinski definition) is 2. The first-order valence-electron chi connectivity index (χ1n) is 7.10. The minimum absolute atomic E-state index is 0.182. The van der Waals surface area contributed by atoms with Crippen molar-refractivity contribution in [1.82, 2.24) is 10.6 Å². The molecular weight excluding hydrogens is 244 g/mol. The molecule has 0 bridgehead atoms. The predicted molar refractivity (Wildman–Crippen MR) is 77.9 cm³/mol. The van der Waals surface area contributed by atoms with E-state index in [1.807, 2.05) is 0 Å². The molecule has 4 heteroatoms. The Kier molecular flexibility index (Phi) is 4.27. The van der Waals surface area contributed by atoms with Gasteiger partial charge >= 0.3 is 0 Å². The molecule has 2 unspecified atom stereocenters. The fraction of sp³-hybridized carbons (Fsp3) is 0.929. The molecule has 0 aliphatic carbocycles. The van der Waals surface area contributed by atoms with Crippen molar-refractivity contribution in [3.05, 3.63) is 0 Å². The molecule has 104 valence electrons. The summed E-state index contributed by atoms with van der Waals surface area (Å²) in [6.45, 7) is 8.52. The zero-order valence-corrected chi connectivity index (χ0v) is 12.7. The van der Waals surface area contributed by atoms with E-state index in [0.717, 1.165) is 25.3 Å². The second-order valence-electron chi connectivity index (χ2n) is 6.49. The summed E-state index contributed by atoms with van der Waals surface area (Å²) in [5.74, 6) is 1.35. The Balaban J connectivity index is 1.85. The normalized spacial score (nSPS) is 35.4. The molecule has 0 spiro atoms. The summed E-state index contributed by atoms with van der Waals surface area (Å²) in [6, 6.07) is 0.408. The van der Waals surface area contributed by atoms with Crippen LogP contribution in [0.2, 0.25) is 0 Å². The number of nitrogens with one attached hydrogen (secondary N) is 2. The molecule has 2 atom stereocenters. The van der Waals surface area contributed by atoms with E-state index in [9.17, 15) is 4.79 Å². The van der Waals surface area contributed by atoms with Crippen LogP contribution in [-0.4, -0.2) is 35.5 Å². The molecule has 1 amide bonds. The highest BCUT2D eigenvalue weighted by atomic mass is 32.2. The van der Waals surface area contributed by atoms with Gasteiger partial charge in [-0.15, -0.1) is 11.8 Å². The Morgan fingerprint density at radius 3 is 2.72 bits per heavy atom. The first-order valence-corrected chi connectivity index (χ1v) is 8.08. The SMILES string of the molecule is CC1(C(=O)NCC2NCCCC2(C)C)CCCS1. The second kappa shape index (κ2) is 5.41. The number of carbonyl (C=O) groups excluding carboxylic acids is 1. The fourth-order valence-corrected chi connectivity index (χ4v) is 4.19. The van der Waals surface area contributed by atoms with E-state index >= 15 is 0 Å². The minimum atomic E-state index is -0.182. The van der Waals surface area contributed by atoms with E-state index in [0.29, 0.717) is 6.04 Å². The maximum absolute atomic E-state index is 12.3. The highest BCUT2D eigenvalue weighted by Gasteiger charge is 2.38. The van der Waals surface area contributed by atoms with Gasteiger partial charge in [0.15, 0.2) is 0 Å². The van der Waals surface area contributed by atoms with Crippen LogP contribution in [0.25, 0.3) is 0 Å². The summed E-state index contributed by atoms with van der Waals surface area (Å²) in [5, 5.41) is 6.71. The third kappa shape index (κ3) is 3.02. The molecule has 2 aliphatic rings. The van der Waals surface area contributed by atoms with Crippen molar-refractivity contribution in [3.63, 3.8) is 0 Å². The van der Waals surface area contributed by atoms with E-state index in [1.165, 1.54) is 19.3 Å². The topological polar surface area (TPSA) is 41.1 Å². The van der Waals surface area contributed by atoms with Crippen LogP contribution in [0.1, 0.15) is 46.5 Å². The largest absolute Gasteiger partial charge is 0.353 e. The van der Waals surface area contributed by atoms with E-state index < -0.39 is 0 Å². The molecule has 0 radical (unpaired) electrons. The molecule has 18 heavy (non-hydrogen) atoms. The van der Waals surface area contributed by atoms with Crippen molar-refractivity contribution in [1.29, 1.82) is 0 Å². The van der Waals surface area contributed by atoms with E-state index in [4.69, 9.17) is 0 Å². The predicted octanol–water partition coefficient (Wildman–Crippen LogP) is 2.17. The average molecular weight is 270 g/mol. The Morgan fingerprint density at radius 2 is 2.11 bits per heavy atom. The zero-order valence-electron chi connectivity index (χ0n) is 11.8. The van der Waals surface area contributed by atoms with Crippen LogP contribution < -0.4 is 10.6 Å². The van der Waals surface area contributed by atoms with Crippen LogP contribution in [0.5, 0.6) is 0 Å². The van der Waals surface area contributed by atoms with Crippen molar-refractivity contribution in [2.24, 2.45) is 5.41 Å². The molecular formula is C14H26N2OS. The Hall–Kier alpha value is -0.220. The number of rotatable bonds is 3. The lowest BCUT2D eigenvalue weighted by molar-refractivity contribution is -0.123. The number of thioether (sulfide) groups is 1. The molecule has 2 rings (SSSR count). The van der Waals surface area contributed by atoms with Gasteiger partial charge in [0.2, 0.25) is 5.91 Å². The fourth-order valence-electron chi connectivity index (χ4n) is 2.96. The van der Waals surface area contributed by atoms with E-state index in [2.05, 4.69) is 31.4 Å². The number of piperidine rings is 1. The molecule has 0 aromatic rings. The van der Waals surface area contributed by atoms with Gasteiger partial charge in [0, 0.05) is 12.6 Å². The number of carbonyl (C=O) groups is 1. The van der Waals surface area contributed by atoms with Crippen molar-refractivity contribution in [2.75, 3.05) is 18.8 Å². The molecule has 0 aromatic carbocycles. The van der Waals surface area contributed by atoms with Crippen LogP contribution in [0, 0.1) is 5.41 Å². The van der Waals surface area contributed by atoms with Crippen molar-refractivity contribution < 1.29 is 4.79 Å². The Labute approximate surface area is 115 Å². The molecule has 2 saturated heterocycles. The molecule has 0 saturated carbocycles. The van der Waals surface area contributed by atoms with Gasteiger partial charge in [0.25, 0.3) is 0 Å². The van der Waals surface area contributed by atoms with Gasteiger partial charge in [0.05, 0.1) is 4.75 Å². The summed E-state index contributed by atoms with van der Waals surface area (Å²) < 4.78 is -0.182. The van der Waals surface area contributed by atoms with Crippen molar-refractivity contribution >= 4 is 17.7 Å². The van der Waals surface area contributed by atoms with Crippen LogP contribution in [0.3, 0.4) is 0 Å². The highest BCUT2D eigenvalue weighted by Crippen LogP contribution is 2.38. The summed E-state index contributed by atoms with van der Waals surface area (Å²) in [4.78, 5) is 12.3. The third-order valence-electron chi connectivity index (χ3n) is 4.50. The second-order valence-corrected chi connectivity index (χ2v) is 8.09. The van der Waals surface area contributed by atoms with Crippen molar-refractivity contribution in [3.8, 4) is 0 Å². The third-order valence-corrected chi connectivity index (χ3v) is 6.02. The molecule has 0 aromatic heterocycles. The van der Waals surface area contributed by atoms with Gasteiger partial charge in [-0.3, -0.25) is 4.79 Å². The van der Waals surface area contributed by atoms with Gasteiger partial charge in [-0.05, 0) is 50.3 Å². The number of hydrogen-bond acceptors (Lipinski definition) is 3. The summed E-state index contributed by atoms with van der Waals surface area (Å²) >= 11 is 1.81. The molecule has 2 fully saturated rings. The average Bonchev–Trinajstić information content (AvgIpc) is 2.75. The Morgan fingerprint density at radius 1 is 1.33 bits per heavy atom. The highest BCUT2D eigenvalue weighted by molar-refractivity contribution is 8.01. The maximum Gasteiger partial charge on any atom is 0.236 e. The first-order chi connectivity index (χ1) is 8.44. The molecule has 2 N–H and O–H groups in total. The van der Waals surface area contributed by atoms with E-state index in [-0.39, 0.29) is 16.1 Å². The Bertz CT molecular complexity index is 311. The van der Waals surface area contributed by atoms with Gasteiger partial charge in [-0.1, -0.05) is 13.8 Å². The van der Waals surface area contributed by atoms with Crippen LogP contribution >= 0.6 is 11.8 Å². The van der Waals surface area contributed by atoms with Crippen LogP contribution in [0.15, 0.2) is 0 Å². The zero-order chi connectivity index (χ0) is 13.2. The van der Waals surface area contributed by atoms with Crippen LogP contribution in [-0.2, 0) is 4.79 Å². The quantitative estimate of drug-likeness (QED) is 0.826. The number of amides is 1. The maximum atomic E-state index is 12.3. The minimum Gasteiger partial charge on any atom is -0.353 e. The van der Waals surface area contributed by atoms with Gasteiger partial charge < -0.3 is 10.6 Å². The van der Waals surface area contributed by atoms with Crippen LogP contribution in [0.4, 0.5) is 0 Å². The van der Waals surface area contributed by atoms with Crippen molar-refractivity contribution in [2.45, 2.75) is 57.2 Å². The van der Waals surface area contributed by atoms with Gasteiger partial charge in [0.1, 0.15) is 0 Å².